The summed E-state index contributed by atoms with van der Waals surface area (Å²) in [6.07, 6.45) is 1.61. The highest BCUT2D eigenvalue weighted by Gasteiger charge is 2.08. The fourth-order valence-electron chi connectivity index (χ4n) is 2.09. The van der Waals surface area contributed by atoms with Gasteiger partial charge in [-0.15, -0.1) is 11.3 Å². The highest BCUT2D eigenvalue weighted by atomic mass is 35.5. The lowest BCUT2D eigenvalue weighted by molar-refractivity contribution is 0.415. The molecule has 8 heteroatoms. The second-order valence-corrected chi connectivity index (χ2v) is 7.04. The van der Waals surface area contributed by atoms with Crippen LogP contribution in [-0.2, 0) is 0 Å². The lowest BCUT2D eigenvalue weighted by Crippen LogP contribution is -1.92. The molecule has 0 saturated carbocycles. The van der Waals surface area contributed by atoms with Crippen LogP contribution in [0, 0.1) is 0 Å². The Morgan fingerprint density at radius 3 is 2.44 bits per heavy atom. The maximum Gasteiger partial charge on any atom is 0.203 e. The zero-order chi connectivity index (χ0) is 17.8. The molecule has 0 bridgehead atoms. The topological polar surface area (TPSA) is 46.5 Å². The van der Waals surface area contributed by atoms with Gasteiger partial charge in [0.2, 0.25) is 5.13 Å². The standard InChI is InChI=1S/C17H12Cl3N3OS/c1-24-16-13(19)6-10(7-14(16)20)8-21-23-17-22-15(9-25-17)11-2-4-12(18)5-3-11/h2-9H,1H3,(H,22,23)/b21-8-. The molecular weight excluding hydrogens is 401 g/mol. The molecule has 1 heterocycles. The molecule has 0 saturated heterocycles. The summed E-state index contributed by atoms with van der Waals surface area (Å²) in [6, 6.07) is 11.0. The van der Waals surface area contributed by atoms with Crippen molar-refractivity contribution in [1.29, 1.82) is 0 Å². The second kappa shape index (κ2) is 8.06. The van der Waals surface area contributed by atoms with Gasteiger partial charge in [0.05, 0.1) is 29.1 Å². The minimum atomic E-state index is 0.427. The monoisotopic (exact) mass is 411 g/mol. The van der Waals surface area contributed by atoms with E-state index in [1.807, 2.05) is 29.6 Å². The van der Waals surface area contributed by atoms with E-state index in [-0.39, 0.29) is 0 Å². The molecule has 0 fully saturated rings. The lowest BCUT2D eigenvalue weighted by atomic mass is 10.2. The zero-order valence-electron chi connectivity index (χ0n) is 13.0. The molecule has 3 aromatic rings. The van der Waals surface area contributed by atoms with Gasteiger partial charge in [0.15, 0.2) is 5.75 Å². The van der Waals surface area contributed by atoms with Crippen molar-refractivity contribution in [1.82, 2.24) is 4.98 Å². The summed E-state index contributed by atoms with van der Waals surface area (Å²) in [4.78, 5) is 4.48. The summed E-state index contributed by atoms with van der Waals surface area (Å²) < 4.78 is 5.12. The number of thiazole rings is 1. The van der Waals surface area contributed by atoms with Crippen LogP contribution in [0.5, 0.6) is 5.75 Å². The first kappa shape index (κ1) is 18.0. The Morgan fingerprint density at radius 2 is 1.80 bits per heavy atom. The normalized spacial score (nSPS) is 11.0. The van der Waals surface area contributed by atoms with Crippen molar-refractivity contribution in [2.45, 2.75) is 0 Å². The highest BCUT2D eigenvalue weighted by Crippen LogP contribution is 2.33. The Labute approximate surface area is 164 Å². The Hall–Kier alpha value is -1.79. The van der Waals surface area contributed by atoms with Gasteiger partial charge >= 0.3 is 0 Å². The van der Waals surface area contributed by atoms with Crippen molar-refractivity contribution in [2.24, 2.45) is 5.10 Å². The van der Waals surface area contributed by atoms with Gasteiger partial charge in [0.25, 0.3) is 0 Å². The maximum absolute atomic E-state index is 6.10. The van der Waals surface area contributed by atoms with Crippen LogP contribution in [0.15, 0.2) is 46.9 Å². The van der Waals surface area contributed by atoms with Crippen molar-refractivity contribution < 1.29 is 4.74 Å². The smallest absolute Gasteiger partial charge is 0.203 e. The largest absolute Gasteiger partial charge is 0.494 e. The van der Waals surface area contributed by atoms with Gasteiger partial charge in [-0.25, -0.2) is 4.98 Å². The molecule has 0 radical (unpaired) electrons. The zero-order valence-corrected chi connectivity index (χ0v) is 16.0. The number of nitrogens with one attached hydrogen (secondary N) is 1. The van der Waals surface area contributed by atoms with Crippen molar-refractivity contribution in [2.75, 3.05) is 12.5 Å². The number of ether oxygens (including phenoxy) is 1. The first-order valence-electron chi connectivity index (χ1n) is 7.10. The molecule has 2 aromatic carbocycles. The molecule has 1 N–H and O–H groups in total. The van der Waals surface area contributed by atoms with Gasteiger partial charge < -0.3 is 4.74 Å². The van der Waals surface area contributed by atoms with Crippen LogP contribution in [0.2, 0.25) is 15.1 Å². The number of benzene rings is 2. The van der Waals surface area contributed by atoms with E-state index in [1.54, 1.807) is 18.3 Å². The Kier molecular flexibility index (Phi) is 5.81. The molecule has 3 rings (SSSR count). The summed E-state index contributed by atoms with van der Waals surface area (Å²) in [7, 11) is 1.52. The highest BCUT2D eigenvalue weighted by molar-refractivity contribution is 7.14. The van der Waals surface area contributed by atoms with Crippen LogP contribution >= 0.6 is 46.1 Å². The third-order valence-electron chi connectivity index (χ3n) is 3.24. The van der Waals surface area contributed by atoms with E-state index in [2.05, 4.69) is 15.5 Å². The van der Waals surface area contributed by atoms with Crippen LogP contribution in [0.3, 0.4) is 0 Å². The Balaban J connectivity index is 1.70. The first-order chi connectivity index (χ1) is 12.1. The molecule has 0 aliphatic heterocycles. The van der Waals surface area contributed by atoms with Gasteiger partial charge in [0, 0.05) is 16.0 Å². The second-order valence-electron chi connectivity index (χ2n) is 4.93. The molecule has 1 aromatic heterocycles. The fourth-order valence-corrected chi connectivity index (χ4v) is 3.54. The van der Waals surface area contributed by atoms with E-state index in [9.17, 15) is 0 Å². The molecular formula is C17H12Cl3N3OS. The molecule has 0 amide bonds. The third-order valence-corrected chi connectivity index (χ3v) is 4.80. The SMILES string of the molecule is COc1c(Cl)cc(/C=N\Nc2nc(-c3ccc(Cl)cc3)cs2)cc1Cl. The average Bonchev–Trinajstić information content (AvgIpc) is 3.04. The predicted molar refractivity (Wildman–Crippen MR) is 107 cm³/mol. The molecule has 4 nitrogen and oxygen atoms in total. The molecule has 0 spiro atoms. The number of aromatic nitrogens is 1. The van der Waals surface area contributed by atoms with Gasteiger partial charge in [0.1, 0.15) is 0 Å². The Bertz CT molecular complexity index is 887. The van der Waals surface area contributed by atoms with Crippen molar-refractivity contribution in [3.63, 3.8) is 0 Å². The summed E-state index contributed by atoms with van der Waals surface area (Å²) in [6.45, 7) is 0. The molecule has 128 valence electrons. The molecule has 0 unspecified atom stereocenters. The minimum absolute atomic E-state index is 0.427. The lowest BCUT2D eigenvalue weighted by Gasteiger charge is -2.06. The van der Waals surface area contributed by atoms with E-state index in [0.29, 0.717) is 25.9 Å². The van der Waals surface area contributed by atoms with Gasteiger partial charge in [-0.1, -0.05) is 46.9 Å². The summed E-state index contributed by atoms with van der Waals surface area (Å²) in [5.74, 6) is 0.445. The summed E-state index contributed by atoms with van der Waals surface area (Å²) in [5, 5.41) is 8.33. The molecule has 0 atom stereocenters. The predicted octanol–water partition coefficient (Wildman–Crippen LogP) is 6.22. The van der Waals surface area contributed by atoms with Crippen LogP contribution in [0.1, 0.15) is 5.56 Å². The number of anilines is 1. The van der Waals surface area contributed by atoms with Crippen molar-refractivity contribution >= 4 is 57.5 Å². The van der Waals surface area contributed by atoms with E-state index in [4.69, 9.17) is 39.5 Å². The number of hydrogen-bond acceptors (Lipinski definition) is 5. The first-order valence-corrected chi connectivity index (χ1v) is 9.12. The van der Waals surface area contributed by atoms with Gasteiger partial charge in [-0.2, -0.15) is 5.10 Å². The van der Waals surface area contributed by atoms with Crippen molar-refractivity contribution in [3.05, 3.63) is 62.4 Å². The molecule has 0 aliphatic carbocycles. The average molecular weight is 413 g/mol. The number of hydrazone groups is 1. The van der Waals surface area contributed by atoms with E-state index >= 15 is 0 Å². The van der Waals surface area contributed by atoms with E-state index in [1.165, 1.54) is 18.4 Å². The van der Waals surface area contributed by atoms with Gasteiger partial charge in [-0.3, -0.25) is 5.43 Å². The summed E-state index contributed by atoms with van der Waals surface area (Å²) in [5.41, 5.74) is 5.49. The van der Waals surface area contributed by atoms with Gasteiger partial charge in [-0.05, 0) is 29.8 Å². The van der Waals surface area contributed by atoms with Crippen molar-refractivity contribution in [3.8, 4) is 17.0 Å². The molecule has 0 aliphatic rings. The van der Waals surface area contributed by atoms with Crippen LogP contribution in [-0.4, -0.2) is 18.3 Å². The summed E-state index contributed by atoms with van der Waals surface area (Å²) >= 11 is 19.6. The minimum Gasteiger partial charge on any atom is -0.494 e. The van der Waals surface area contributed by atoms with Crippen LogP contribution < -0.4 is 10.2 Å². The quantitative estimate of drug-likeness (QED) is 0.399. The fraction of sp³-hybridized carbons (Fsp3) is 0.0588. The molecule has 25 heavy (non-hydrogen) atoms. The number of rotatable bonds is 5. The number of methoxy groups -OCH3 is 1. The van der Waals surface area contributed by atoms with Crippen LogP contribution in [0.25, 0.3) is 11.3 Å². The van der Waals surface area contributed by atoms with Crippen LogP contribution in [0.4, 0.5) is 5.13 Å². The number of hydrogen-bond donors (Lipinski definition) is 1. The number of nitrogens with zero attached hydrogens (tertiary/aromatic N) is 2. The number of halogens is 3. The third kappa shape index (κ3) is 4.44. The van der Waals surface area contributed by atoms with E-state index in [0.717, 1.165) is 16.8 Å². The maximum atomic E-state index is 6.10. The Morgan fingerprint density at radius 1 is 1.12 bits per heavy atom. The van der Waals surface area contributed by atoms with E-state index < -0.39 is 0 Å².